The van der Waals surface area contributed by atoms with Crippen LogP contribution in [-0.2, 0) is 9.53 Å². The fraction of sp³-hybridized carbons (Fsp3) is 0.750. The van der Waals surface area contributed by atoms with E-state index >= 15 is 0 Å². The van der Waals surface area contributed by atoms with Gasteiger partial charge in [-0.15, -0.1) is 0 Å². The fourth-order valence-electron chi connectivity index (χ4n) is 1.24. The van der Waals surface area contributed by atoms with Crippen LogP contribution in [0.15, 0.2) is 0 Å². The maximum Gasteiger partial charge on any atom is 0.308 e. The van der Waals surface area contributed by atoms with E-state index in [1.165, 1.54) is 0 Å². The van der Waals surface area contributed by atoms with Gasteiger partial charge in [-0.3, -0.25) is 4.79 Å². The van der Waals surface area contributed by atoms with Crippen LogP contribution in [0.1, 0.15) is 25.7 Å². The Morgan fingerprint density at radius 2 is 2.55 bits per heavy atom. The number of rotatable bonds is 2. The highest BCUT2D eigenvalue weighted by molar-refractivity contribution is 5.72. The molecule has 60 valence electrons. The van der Waals surface area contributed by atoms with Crippen molar-refractivity contribution >= 4 is 5.97 Å². The van der Waals surface area contributed by atoms with Crippen molar-refractivity contribution in [3.63, 3.8) is 0 Å². The predicted octanol–water partition coefficient (Wildman–Crippen LogP) is 1.24. The third-order valence-electron chi connectivity index (χ3n) is 1.88. The van der Waals surface area contributed by atoms with Gasteiger partial charge in [0.2, 0.25) is 0 Å². The van der Waals surface area contributed by atoms with Gasteiger partial charge in [0.25, 0.3) is 0 Å². The summed E-state index contributed by atoms with van der Waals surface area (Å²) in [7, 11) is 0. The van der Waals surface area contributed by atoms with Gasteiger partial charge in [0.1, 0.15) is 0 Å². The topological polar surface area (TPSA) is 50.1 Å². The second-order valence-corrected chi connectivity index (χ2v) is 2.70. The molecule has 1 heterocycles. The fourth-order valence-corrected chi connectivity index (χ4v) is 1.24. The Morgan fingerprint density at radius 3 is 3.18 bits per heavy atom. The molecule has 0 saturated carbocycles. The first-order valence-electron chi connectivity index (χ1n) is 3.88. The molecule has 11 heavy (non-hydrogen) atoms. The van der Waals surface area contributed by atoms with Crippen LogP contribution in [0, 0.1) is 17.2 Å². The number of hydrogen-bond donors (Lipinski definition) is 0. The molecule has 0 aromatic heterocycles. The van der Waals surface area contributed by atoms with Crippen LogP contribution in [-0.4, -0.2) is 12.6 Å². The molecule has 1 aliphatic rings. The first-order chi connectivity index (χ1) is 5.34. The van der Waals surface area contributed by atoms with Crippen molar-refractivity contribution in [2.45, 2.75) is 25.7 Å². The lowest BCUT2D eigenvalue weighted by Gasteiger charge is -2.19. The highest BCUT2D eigenvalue weighted by Gasteiger charge is 2.22. The Hall–Kier alpha value is -1.04. The monoisotopic (exact) mass is 153 g/mol. The molecule has 0 amide bonds. The third-order valence-corrected chi connectivity index (χ3v) is 1.88. The summed E-state index contributed by atoms with van der Waals surface area (Å²) in [5.74, 6) is -0.130. The minimum absolute atomic E-state index is 0.0107. The average molecular weight is 153 g/mol. The summed E-state index contributed by atoms with van der Waals surface area (Å²) in [6.07, 6.45) is 2.96. The van der Waals surface area contributed by atoms with E-state index in [0.29, 0.717) is 19.4 Å². The zero-order valence-electron chi connectivity index (χ0n) is 6.38. The summed E-state index contributed by atoms with van der Waals surface area (Å²) >= 11 is 0. The quantitative estimate of drug-likeness (QED) is 0.561. The standard InChI is InChI=1S/C8H11NO2/c9-5-1-3-7-4-2-6-11-8(7)10/h7H,1-4,6H2. The summed E-state index contributed by atoms with van der Waals surface area (Å²) in [6.45, 7) is 0.557. The molecular formula is C8H11NO2. The number of hydrogen-bond acceptors (Lipinski definition) is 3. The van der Waals surface area contributed by atoms with Gasteiger partial charge in [-0.25, -0.2) is 0 Å². The van der Waals surface area contributed by atoms with Crippen LogP contribution in [0.25, 0.3) is 0 Å². The smallest absolute Gasteiger partial charge is 0.308 e. The largest absolute Gasteiger partial charge is 0.465 e. The Labute approximate surface area is 66.0 Å². The molecule has 0 bridgehead atoms. The number of nitrogens with zero attached hydrogens (tertiary/aromatic N) is 1. The molecule has 0 aliphatic carbocycles. The van der Waals surface area contributed by atoms with Crippen LogP contribution in [0.2, 0.25) is 0 Å². The van der Waals surface area contributed by atoms with Crippen molar-refractivity contribution in [1.82, 2.24) is 0 Å². The molecule has 3 nitrogen and oxygen atoms in total. The summed E-state index contributed by atoms with van der Waals surface area (Å²) in [4.78, 5) is 11.0. The number of esters is 1. The molecule has 1 rings (SSSR count). The van der Waals surface area contributed by atoms with Gasteiger partial charge in [0.05, 0.1) is 18.6 Å². The van der Waals surface area contributed by atoms with Crippen LogP contribution in [0.3, 0.4) is 0 Å². The molecule has 0 N–H and O–H groups in total. The summed E-state index contributed by atoms with van der Waals surface area (Å²) < 4.78 is 4.84. The van der Waals surface area contributed by atoms with Crippen molar-refractivity contribution in [3.05, 3.63) is 0 Å². The van der Waals surface area contributed by atoms with E-state index in [2.05, 4.69) is 0 Å². The predicted molar refractivity (Wildman–Crippen MR) is 38.5 cm³/mol. The third kappa shape index (κ3) is 2.23. The van der Waals surface area contributed by atoms with Crippen molar-refractivity contribution in [1.29, 1.82) is 5.26 Å². The molecule has 1 saturated heterocycles. The molecule has 1 unspecified atom stereocenters. The lowest BCUT2D eigenvalue weighted by molar-refractivity contribution is -0.153. The molecule has 1 fully saturated rings. The van der Waals surface area contributed by atoms with Crippen molar-refractivity contribution < 1.29 is 9.53 Å². The molecule has 0 aromatic carbocycles. The Morgan fingerprint density at radius 1 is 1.73 bits per heavy atom. The van der Waals surface area contributed by atoms with Gasteiger partial charge in [0, 0.05) is 6.42 Å². The van der Waals surface area contributed by atoms with Gasteiger partial charge in [-0.1, -0.05) is 0 Å². The number of carbonyl (C=O) groups is 1. The second-order valence-electron chi connectivity index (χ2n) is 2.70. The van der Waals surface area contributed by atoms with Crippen LogP contribution in [0.4, 0.5) is 0 Å². The van der Waals surface area contributed by atoms with Gasteiger partial charge in [0.15, 0.2) is 0 Å². The summed E-state index contributed by atoms with van der Waals surface area (Å²) in [5.41, 5.74) is 0. The minimum Gasteiger partial charge on any atom is -0.465 e. The van der Waals surface area contributed by atoms with Gasteiger partial charge < -0.3 is 4.74 Å². The van der Waals surface area contributed by atoms with E-state index in [1.807, 2.05) is 6.07 Å². The maximum absolute atomic E-state index is 11.0. The number of carbonyl (C=O) groups excluding carboxylic acids is 1. The zero-order chi connectivity index (χ0) is 8.10. The number of cyclic esters (lactones) is 1. The highest BCUT2D eigenvalue weighted by Crippen LogP contribution is 2.19. The van der Waals surface area contributed by atoms with E-state index < -0.39 is 0 Å². The lowest BCUT2D eigenvalue weighted by atomic mass is 9.96. The second kappa shape index (κ2) is 3.97. The Balaban J connectivity index is 2.31. The number of nitriles is 1. The van der Waals surface area contributed by atoms with Gasteiger partial charge >= 0.3 is 5.97 Å². The van der Waals surface area contributed by atoms with E-state index in [0.717, 1.165) is 12.8 Å². The van der Waals surface area contributed by atoms with Crippen LogP contribution in [0.5, 0.6) is 0 Å². The Kier molecular flexibility index (Phi) is 2.91. The van der Waals surface area contributed by atoms with E-state index in [4.69, 9.17) is 10.00 Å². The molecule has 3 heteroatoms. The van der Waals surface area contributed by atoms with Gasteiger partial charge in [-0.05, 0) is 19.3 Å². The maximum atomic E-state index is 11.0. The first-order valence-corrected chi connectivity index (χ1v) is 3.88. The highest BCUT2D eigenvalue weighted by atomic mass is 16.5. The molecule has 0 aromatic rings. The lowest BCUT2D eigenvalue weighted by Crippen LogP contribution is -2.23. The van der Waals surface area contributed by atoms with Crippen molar-refractivity contribution in [2.24, 2.45) is 5.92 Å². The molecular weight excluding hydrogens is 142 g/mol. The van der Waals surface area contributed by atoms with Crippen molar-refractivity contribution in [3.8, 4) is 6.07 Å². The van der Waals surface area contributed by atoms with E-state index in [-0.39, 0.29) is 11.9 Å². The molecule has 0 radical (unpaired) electrons. The first kappa shape index (κ1) is 8.06. The van der Waals surface area contributed by atoms with Crippen LogP contribution >= 0.6 is 0 Å². The van der Waals surface area contributed by atoms with E-state index in [9.17, 15) is 4.79 Å². The van der Waals surface area contributed by atoms with Gasteiger partial charge in [-0.2, -0.15) is 5.26 Å². The Bertz CT molecular complexity index is 183. The van der Waals surface area contributed by atoms with E-state index in [1.54, 1.807) is 0 Å². The zero-order valence-corrected chi connectivity index (χ0v) is 6.38. The summed E-state index contributed by atoms with van der Waals surface area (Å²) in [5, 5.41) is 8.28. The number of ether oxygens (including phenoxy) is 1. The molecule has 1 aliphatic heterocycles. The SMILES string of the molecule is N#CCCC1CCCOC1=O. The normalized spacial score (nSPS) is 23.9. The van der Waals surface area contributed by atoms with Crippen LogP contribution < -0.4 is 0 Å². The summed E-state index contributed by atoms with van der Waals surface area (Å²) in [6, 6.07) is 2.03. The molecule has 0 spiro atoms. The molecule has 1 atom stereocenters. The van der Waals surface area contributed by atoms with Crippen molar-refractivity contribution in [2.75, 3.05) is 6.61 Å². The minimum atomic E-state index is -0.119. The average Bonchev–Trinajstić information content (AvgIpc) is 2.03.